The molecule has 1 fully saturated rings. The quantitative estimate of drug-likeness (QED) is 0.215. The summed E-state index contributed by atoms with van der Waals surface area (Å²) in [5.74, 6) is -0.0302. The summed E-state index contributed by atoms with van der Waals surface area (Å²) in [4.78, 5) is 0. The summed E-state index contributed by atoms with van der Waals surface area (Å²) in [7, 11) is 0. The highest BCUT2D eigenvalue weighted by atomic mass is 16.6. The van der Waals surface area contributed by atoms with Crippen LogP contribution in [-0.2, 0) is 45.4 Å². The van der Waals surface area contributed by atoms with Gasteiger partial charge in [0.15, 0.2) is 0 Å². The van der Waals surface area contributed by atoms with Gasteiger partial charge in [-0.2, -0.15) is 0 Å². The van der Waals surface area contributed by atoms with Gasteiger partial charge in [0.05, 0.1) is 45.2 Å². The third-order valence-corrected chi connectivity index (χ3v) is 7.36. The van der Waals surface area contributed by atoms with Gasteiger partial charge in [-0.25, -0.2) is 0 Å². The smallest absolute Gasteiger partial charge is 0.113 e. The molecule has 40 heavy (non-hydrogen) atoms. The largest absolute Gasteiger partial charge is 0.388 e. The second-order valence-electron chi connectivity index (χ2n) is 10.3. The van der Waals surface area contributed by atoms with Crippen molar-refractivity contribution in [2.24, 2.45) is 5.92 Å². The molecule has 0 bridgehead atoms. The highest BCUT2D eigenvalue weighted by molar-refractivity contribution is 5.16. The summed E-state index contributed by atoms with van der Waals surface area (Å²) in [6.45, 7) is 2.19. The molecule has 5 nitrogen and oxygen atoms in total. The Morgan fingerprint density at radius 3 is 1.38 bits per heavy atom. The number of aliphatic hydroxyl groups excluding tert-OH is 1. The first kappa shape index (κ1) is 28.2. The molecule has 1 aliphatic carbocycles. The van der Waals surface area contributed by atoms with E-state index in [-0.39, 0.29) is 12.0 Å². The Labute approximate surface area is 237 Å². The van der Waals surface area contributed by atoms with Gasteiger partial charge in [0.1, 0.15) is 12.2 Å². The standard InChI is InChI=1S/C35H38O5/c36-33-32(38-23-28-15-7-2-8-16-28)21-31(26-37-22-27-13-5-1-6-14-27)34(39-24-29-17-9-3-10-18-29)35(33)40-25-30-19-11-4-12-20-30/h1-20,31-36H,21-26H2/t31?,32-,33?,34-,35?/m0/s1. The van der Waals surface area contributed by atoms with Crippen LogP contribution in [0.3, 0.4) is 0 Å². The first-order chi connectivity index (χ1) is 19.8. The fourth-order valence-electron chi connectivity index (χ4n) is 5.21. The predicted octanol–water partition coefficient (Wildman–Crippen LogP) is 6.34. The van der Waals surface area contributed by atoms with Crippen LogP contribution in [0.15, 0.2) is 121 Å². The van der Waals surface area contributed by atoms with E-state index in [4.69, 9.17) is 18.9 Å². The average Bonchev–Trinajstić information content (AvgIpc) is 3.01. The van der Waals surface area contributed by atoms with Crippen LogP contribution in [0.5, 0.6) is 0 Å². The van der Waals surface area contributed by atoms with E-state index in [9.17, 15) is 5.11 Å². The Balaban J connectivity index is 1.34. The van der Waals surface area contributed by atoms with Gasteiger partial charge < -0.3 is 24.1 Å². The van der Waals surface area contributed by atoms with Crippen molar-refractivity contribution >= 4 is 0 Å². The molecule has 4 aromatic carbocycles. The van der Waals surface area contributed by atoms with E-state index in [1.807, 2.05) is 109 Å². The highest BCUT2D eigenvalue weighted by Gasteiger charge is 2.46. The van der Waals surface area contributed by atoms with Crippen molar-refractivity contribution in [3.63, 3.8) is 0 Å². The summed E-state index contributed by atoms with van der Waals surface area (Å²) < 4.78 is 25.5. The minimum Gasteiger partial charge on any atom is -0.388 e. The molecule has 0 aliphatic heterocycles. The van der Waals surface area contributed by atoms with Gasteiger partial charge in [0, 0.05) is 5.92 Å². The van der Waals surface area contributed by atoms with Crippen molar-refractivity contribution in [1.29, 1.82) is 0 Å². The Morgan fingerprint density at radius 2 is 0.900 bits per heavy atom. The van der Waals surface area contributed by atoms with Crippen molar-refractivity contribution in [3.8, 4) is 0 Å². The lowest BCUT2D eigenvalue weighted by Gasteiger charge is -2.44. The molecule has 0 spiro atoms. The van der Waals surface area contributed by atoms with E-state index in [0.29, 0.717) is 39.5 Å². The van der Waals surface area contributed by atoms with Crippen LogP contribution in [-0.4, -0.2) is 36.1 Å². The molecule has 1 N–H and O–H groups in total. The second-order valence-corrected chi connectivity index (χ2v) is 10.3. The van der Waals surface area contributed by atoms with Gasteiger partial charge in [-0.05, 0) is 28.7 Å². The van der Waals surface area contributed by atoms with E-state index in [1.54, 1.807) is 0 Å². The van der Waals surface area contributed by atoms with Crippen LogP contribution in [0.2, 0.25) is 0 Å². The lowest BCUT2D eigenvalue weighted by atomic mass is 9.80. The topological polar surface area (TPSA) is 57.2 Å². The number of hydrogen-bond donors (Lipinski definition) is 1. The maximum atomic E-state index is 11.6. The number of rotatable bonds is 13. The summed E-state index contributed by atoms with van der Waals surface area (Å²) in [5, 5.41) is 11.6. The fraction of sp³-hybridized carbons (Fsp3) is 0.314. The molecule has 1 saturated carbocycles. The monoisotopic (exact) mass is 538 g/mol. The molecule has 0 aromatic heterocycles. The number of benzene rings is 4. The molecule has 0 heterocycles. The van der Waals surface area contributed by atoms with Gasteiger partial charge in [-0.1, -0.05) is 121 Å². The summed E-state index contributed by atoms with van der Waals surface area (Å²) >= 11 is 0. The maximum Gasteiger partial charge on any atom is 0.113 e. The Hall–Kier alpha value is -3.32. The van der Waals surface area contributed by atoms with Gasteiger partial charge in [-0.3, -0.25) is 0 Å². The van der Waals surface area contributed by atoms with Gasteiger partial charge in [0.25, 0.3) is 0 Å². The molecule has 5 atom stereocenters. The zero-order valence-electron chi connectivity index (χ0n) is 22.8. The van der Waals surface area contributed by atoms with Crippen LogP contribution >= 0.6 is 0 Å². The molecule has 208 valence electrons. The van der Waals surface area contributed by atoms with E-state index < -0.39 is 18.3 Å². The molecular weight excluding hydrogens is 500 g/mol. The third-order valence-electron chi connectivity index (χ3n) is 7.36. The zero-order valence-corrected chi connectivity index (χ0v) is 22.8. The maximum absolute atomic E-state index is 11.6. The zero-order chi connectivity index (χ0) is 27.4. The molecule has 3 unspecified atom stereocenters. The van der Waals surface area contributed by atoms with Crippen LogP contribution in [0.4, 0.5) is 0 Å². The van der Waals surface area contributed by atoms with Crippen molar-refractivity contribution in [2.45, 2.75) is 57.3 Å². The van der Waals surface area contributed by atoms with E-state index >= 15 is 0 Å². The second kappa shape index (κ2) is 14.9. The lowest BCUT2D eigenvalue weighted by molar-refractivity contribution is -0.219. The minimum absolute atomic E-state index is 0.0302. The highest BCUT2D eigenvalue weighted by Crippen LogP contribution is 2.34. The Morgan fingerprint density at radius 1 is 0.500 bits per heavy atom. The van der Waals surface area contributed by atoms with Crippen molar-refractivity contribution in [2.75, 3.05) is 6.61 Å². The van der Waals surface area contributed by atoms with Gasteiger partial charge in [-0.15, -0.1) is 0 Å². The van der Waals surface area contributed by atoms with Crippen LogP contribution in [0.25, 0.3) is 0 Å². The lowest BCUT2D eigenvalue weighted by Crippen LogP contribution is -2.57. The molecule has 0 radical (unpaired) electrons. The van der Waals surface area contributed by atoms with Gasteiger partial charge >= 0.3 is 0 Å². The first-order valence-corrected chi connectivity index (χ1v) is 14.0. The van der Waals surface area contributed by atoms with Crippen molar-refractivity contribution in [3.05, 3.63) is 144 Å². The third kappa shape index (κ3) is 8.10. The van der Waals surface area contributed by atoms with E-state index in [2.05, 4.69) is 12.1 Å². The van der Waals surface area contributed by atoms with E-state index in [1.165, 1.54) is 0 Å². The first-order valence-electron chi connectivity index (χ1n) is 14.0. The van der Waals surface area contributed by atoms with Crippen LogP contribution in [0.1, 0.15) is 28.7 Å². The van der Waals surface area contributed by atoms with Crippen molar-refractivity contribution < 1.29 is 24.1 Å². The van der Waals surface area contributed by atoms with Gasteiger partial charge in [0.2, 0.25) is 0 Å². The van der Waals surface area contributed by atoms with Crippen molar-refractivity contribution in [1.82, 2.24) is 0 Å². The SMILES string of the molecule is OC1C(OCc2ccccc2)[C@@H](OCc2ccccc2)C(COCc2ccccc2)C[C@@H]1OCc1ccccc1. The molecular formula is C35H38O5. The molecule has 5 heteroatoms. The number of ether oxygens (including phenoxy) is 4. The number of aliphatic hydroxyl groups is 1. The molecule has 1 aliphatic rings. The van der Waals surface area contributed by atoms with E-state index in [0.717, 1.165) is 22.3 Å². The normalized spacial score (nSPS) is 22.7. The Bertz CT molecular complexity index is 1190. The summed E-state index contributed by atoms with van der Waals surface area (Å²) in [5.41, 5.74) is 4.30. The fourth-order valence-corrected chi connectivity index (χ4v) is 5.21. The van der Waals surface area contributed by atoms with Crippen LogP contribution in [0, 0.1) is 5.92 Å². The average molecular weight is 539 g/mol. The molecule has 4 aromatic rings. The number of hydrogen-bond acceptors (Lipinski definition) is 5. The summed E-state index contributed by atoms with van der Waals surface area (Å²) in [6, 6.07) is 40.3. The van der Waals surface area contributed by atoms with Crippen LogP contribution < -0.4 is 0 Å². The predicted molar refractivity (Wildman–Crippen MR) is 155 cm³/mol. The minimum atomic E-state index is -0.849. The molecule has 0 saturated heterocycles. The molecule has 5 rings (SSSR count). The Kier molecular flexibility index (Phi) is 10.5. The molecule has 0 amide bonds. The summed E-state index contributed by atoms with van der Waals surface area (Å²) in [6.07, 6.45) is -1.61.